The van der Waals surface area contributed by atoms with Crippen LogP contribution in [-0.4, -0.2) is 9.36 Å². The molecule has 2 nitrogen and oxygen atoms in total. The summed E-state index contributed by atoms with van der Waals surface area (Å²) < 4.78 is 3.65. The van der Waals surface area contributed by atoms with Gasteiger partial charge in [0.2, 0.25) is 0 Å². The highest BCUT2D eigenvalue weighted by Gasteiger charge is 1.60. The molecule has 0 aliphatic carbocycles. The van der Waals surface area contributed by atoms with Crippen LogP contribution in [0, 0.1) is 0 Å². The predicted molar refractivity (Wildman–Crippen MR) is 19.9 cm³/mol. The molecule has 5 heavy (non-hydrogen) atoms. The second-order valence-corrected chi connectivity index (χ2v) is 1.21. The van der Waals surface area contributed by atoms with E-state index in [1.165, 1.54) is 17.9 Å². The van der Waals surface area contributed by atoms with Crippen LogP contribution in [-0.2, 0) is 0 Å². The zero-order valence-electron chi connectivity index (χ0n) is 2.46. The van der Waals surface area contributed by atoms with E-state index in [0.717, 1.165) is 0 Å². The van der Waals surface area contributed by atoms with Gasteiger partial charge in [-0.1, -0.05) is 0 Å². The van der Waals surface area contributed by atoms with E-state index < -0.39 is 0 Å². The Hall–Kier alpha value is -0.440. The van der Waals surface area contributed by atoms with Gasteiger partial charge in [-0.2, -0.15) is 4.37 Å². The van der Waals surface area contributed by atoms with Crippen molar-refractivity contribution in [3.05, 3.63) is 11.8 Å². The first-order valence-electron chi connectivity index (χ1n) is 1.19. The Bertz CT molecular complexity index is 64.1. The molecule has 0 aromatic carbocycles. The van der Waals surface area contributed by atoms with Crippen molar-refractivity contribution in [3.63, 3.8) is 0 Å². The summed E-state index contributed by atoms with van der Waals surface area (Å²) in [7, 11) is 0. The maximum Gasteiger partial charge on any atom is 0.129 e. The average Bonchev–Trinajstić information content (AvgIpc) is 1.76. The van der Waals surface area contributed by atoms with Gasteiger partial charge in [0.05, 0.1) is 0 Å². The normalized spacial score (nSPS) is 8.00. The van der Waals surface area contributed by atoms with Crippen LogP contribution in [0.4, 0.5) is 0 Å². The Balaban J connectivity index is 3.13. The van der Waals surface area contributed by atoms with Crippen LogP contribution in [0.15, 0.2) is 11.8 Å². The Morgan fingerprint density at radius 3 is 2.80 bits per heavy atom. The van der Waals surface area contributed by atoms with Crippen LogP contribution < -0.4 is 0 Å². The van der Waals surface area contributed by atoms with Gasteiger partial charge in [0.1, 0.15) is 11.8 Å². The number of hydrogen-bond acceptors (Lipinski definition) is 3. The number of rotatable bonds is 0. The first-order chi connectivity index (χ1) is 2.50. The van der Waals surface area contributed by atoms with Gasteiger partial charge < -0.3 is 0 Å². The highest BCUT2D eigenvalue weighted by molar-refractivity contribution is 7.03. The molecule has 1 aromatic heterocycles. The highest BCUT2D eigenvalue weighted by atomic mass is 32.1. The molecule has 0 saturated heterocycles. The molecule has 3 heteroatoms. The summed E-state index contributed by atoms with van der Waals surface area (Å²) >= 11 is 1.35. The maximum atomic E-state index is 3.65. The Labute approximate surface area is 33.7 Å². The first kappa shape index (κ1) is 2.78. The number of nitrogens with zero attached hydrogens (tertiary/aromatic N) is 2. The molecule has 0 aliphatic rings. The van der Waals surface area contributed by atoms with Crippen molar-refractivity contribution in [2.24, 2.45) is 0 Å². The molecule has 0 saturated carbocycles. The van der Waals surface area contributed by atoms with Crippen LogP contribution in [0.1, 0.15) is 0 Å². The van der Waals surface area contributed by atoms with Crippen LogP contribution in [0.5, 0.6) is 0 Å². The topological polar surface area (TPSA) is 25.8 Å². The van der Waals surface area contributed by atoms with Gasteiger partial charge in [0.25, 0.3) is 0 Å². The molecule has 0 N–H and O–H groups in total. The zero-order valence-corrected chi connectivity index (χ0v) is 3.27. The van der Waals surface area contributed by atoms with Crippen molar-refractivity contribution < 1.29 is 0 Å². The fourth-order valence-corrected chi connectivity index (χ4v) is 0.408. The van der Waals surface area contributed by atoms with E-state index in [9.17, 15) is 0 Å². The van der Waals surface area contributed by atoms with Crippen molar-refractivity contribution >= 4 is 11.5 Å². The van der Waals surface area contributed by atoms with Crippen molar-refractivity contribution in [3.8, 4) is 0 Å². The summed E-state index contributed by atoms with van der Waals surface area (Å²) in [5.41, 5.74) is 1.68. The van der Waals surface area contributed by atoms with Gasteiger partial charge in [-0.05, 0) is 11.5 Å². The lowest BCUT2D eigenvalue weighted by molar-refractivity contribution is 1.33. The molecule has 0 bridgehead atoms. The summed E-state index contributed by atoms with van der Waals surface area (Å²) in [6, 6.07) is 0. The van der Waals surface area contributed by atoms with Gasteiger partial charge in [0, 0.05) is 0 Å². The fraction of sp³-hybridized carbons (Fsp3) is 0. The molecule has 0 atom stereocenters. The molecule has 0 radical (unpaired) electrons. The molecule has 0 spiro atoms. The Morgan fingerprint density at radius 1 is 1.60 bits per heavy atom. The van der Waals surface area contributed by atoms with E-state index in [0.29, 0.717) is 0 Å². The van der Waals surface area contributed by atoms with E-state index in [1.54, 1.807) is 5.51 Å². The second-order valence-electron chi connectivity index (χ2n) is 0.581. The SMILES string of the molecule is c1ncsn1. The van der Waals surface area contributed by atoms with Gasteiger partial charge in [-0.3, -0.25) is 0 Å². The van der Waals surface area contributed by atoms with Gasteiger partial charge in [-0.25, -0.2) is 4.98 Å². The van der Waals surface area contributed by atoms with Crippen LogP contribution in [0.25, 0.3) is 0 Å². The lowest BCUT2D eigenvalue weighted by atomic mass is 11.4. The molecular formula is C2H2N2S. The molecule has 0 unspecified atom stereocenters. The predicted octanol–water partition coefficient (Wildman–Crippen LogP) is 0.538. The molecule has 0 aliphatic heterocycles. The highest BCUT2D eigenvalue weighted by Crippen LogP contribution is 1.77. The fourth-order valence-electron chi connectivity index (χ4n) is 0.136. The quantitative estimate of drug-likeness (QED) is 0.460. The van der Waals surface area contributed by atoms with Crippen LogP contribution in [0.2, 0.25) is 0 Å². The van der Waals surface area contributed by atoms with E-state index in [-0.39, 0.29) is 0 Å². The Kier molecular flexibility index (Phi) is 0.624. The van der Waals surface area contributed by atoms with Crippen molar-refractivity contribution in [2.75, 3.05) is 0 Å². The third-order valence-electron chi connectivity index (χ3n) is 0.283. The Morgan fingerprint density at radius 2 is 2.60 bits per heavy atom. The number of aromatic nitrogens is 2. The monoisotopic (exact) mass is 86.0 g/mol. The van der Waals surface area contributed by atoms with Crippen molar-refractivity contribution in [2.45, 2.75) is 0 Å². The molecule has 0 amide bonds. The molecular weight excluding hydrogens is 84.1 g/mol. The lowest BCUT2D eigenvalue weighted by Crippen LogP contribution is -1.43. The lowest BCUT2D eigenvalue weighted by Gasteiger charge is -1.38. The molecule has 1 heterocycles. The van der Waals surface area contributed by atoms with Crippen LogP contribution in [0.3, 0.4) is 0 Å². The minimum absolute atomic E-state index is 1.35. The largest absolute Gasteiger partial charge is 0.231 e. The summed E-state index contributed by atoms with van der Waals surface area (Å²) in [5, 5.41) is 0. The summed E-state index contributed by atoms with van der Waals surface area (Å²) in [4.78, 5) is 3.63. The first-order valence-corrected chi connectivity index (χ1v) is 2.03. The smallest absolute Gasteiger partial charge is 0.129 e. The third kappa shape index (κ3) is 0.417. The molecule has 26 valence electrons. The average molecular weight is 86.1 g/mol. The van der Waals surface area contributed by atoms with Crippen molar-refractivity contribution in [1.82, 2.24) is 9.36 Å². The van der Waals surface area contributed by atoms with Crippen LogP contribution >= 0.6 is 11.5 Å². The van der Waals surface area contributed by atoms with Crippen molar-refractivity contribution in [1.29, 1.82) is 0 Å². The minimum atomic E-state index is 1.35. The van der Waals surface area contributed by atoms with E-state index in [4.69, 9.17) is 0 Å². The van der Waals surface area contributed by atoms with E-state index in [1.807, 2.05) is 0 Å². The van der Waals surface area contributed by atoms with Gasteiger partial charge in [-0.15, -0.1) is 0 Å². The third-order valence-corrected chi connectivity index (χ3v) is 0.715. The molecule has 1 aromatic rings. The summed E-state index contributed by atoms with van der Waals surface area (Å²) in [6.45, 7) is 0. The molecule has 0 fully saturated rings. The van der Waals surface area contributed by atoms with Gasteiger partial charge >= 0.3 is 0 Å². The zero-order chi connectivity index (χ0) is 3.54. The van der Waals surface area contributed by atoms with Gasteiger partial charge in [0.15, 0.2) is 0 Å². The summed E-state index contributed by atoms with van der Waals surface area (Å²) in [5.74, 6) is 0. The minimum Gasteiger partial charge on any atom is -0.231 e. The van der Waals surface area contributed by atoms with E-state index in [2.05, 4.69) is 9.36 Å². The standard InChI is InChI=1S/C2H2N2S/c1-3-2-5-4-1/h1-2H. The number of hydrogen-bond donors (Lipinski definition) is 0. The molecule has 1 rings (SSSR count). The maximum absolute atomic E-state index is 3.65. The van der Waals surface area contributed by atoms with E-state index >= 15 is 0 Å². The summed E-state index contributed by atoms with van der Waals surface area (Å²) in [6.07, 6.45) is 1.52. The second kappa shape index (κ2) is 1.12.